The van der Waals surface area contributed by atoms with Crippen molar-refractivity contribution in [2.45, 2.75) is 31.1 Å². The Morgan fingerprint density at radius 3 is 2.89 bits per heavy atom. The second kappa shape index (κ2) is 7.78. The standard InChI is InChI=1S/C15H23NO2S/c1-12-4-6-14(7-5-12)18-11-13(17)9-16-10-15-3-2-8-19-15/h4-7,13,15-17H,2-3,8-11H2,1H3. The van der Waals surface area contributed by atoms with Crippen LogP contribution in [-0.4, -0.2) is 41.9 Å². The van der Waals surface area contributed by atoms with Gasteiger partial charge in [-0.2, -0.15) is 11.8 Å². The van der Waals surface area contributed by atoms with Gasteiger partial charge in [0.2, 0.25) is 0 Å². The molecule has 3 nitrogen and oxygen atoms in total. The monoisotopic (exact) mass is 281 g/mol. The molecule has 1 heterocycles. The molecule has 1 aliphatic heterocycles. The molecule has 2 N–H and O–H groups in total. The van der Waals surface area contributed by atoms with E-state index in [1.54, 1.807) is 0 Å². The third kappa shape index (κ3) is 5.43. The topological polar surface area (TPSA) is 41.5 Å². The van der Waals surface area contributed by atoms with Crippen molar-refractivity contribution < 1.29 is 9.84 Å². The quantitative estimate of drug-likeness (QED) is 0.804. The molecule has 1 fully saturated rings. The number of thioether (sulfide) groups is 1. The largest absolute Gasteiger partial charge is 0.491 e. The fourth-order valence-corrected chi connectivity index (χ4v) is 3.34. The fraction of sp³-hybridized carbons (Fsp3) is 0.600. The van der Waals surface area contributed by atoms with E-state index in [0.717, 1.165) is 17.5 Å². The van der Waals surface area contributed by atoms with Crippen molar-refractivity contribution in [3.8, 4) is 5.75 Å². The van der Waals surface area contributed by atoms with Crippen LogP contribution >= 0.6 is 11.8 Å². The lowest BCUT2D eigenvalue weighted by Gasteiger charge is -2.15. The number of aliphatic hydroxyl groups is 1. The third-order valence-corrected chi connectivity index (χ3v) is 4.64. The maximum Gasteiger partial charge on any atom is 0.119 e. The first kappa shape index (κ1) is 14.7. The molecule has 0 aliphatic carbocycles. The molecule has 0 radical (unpaired) electrons. The molecule has 0 spiro atoms. The summed E-state index contributed by atoms with van der Waals surface area (Å²) in [5.41, 5.74) is 1.21. The van der Waals surface area contributed by atoms with Gasteiger partial charge < -0.3 is 15.2 Å². The van der Waals surface area contributed by atoms with Gasteiger partial charge in [0.1, 0.15) is 18.5 Å². The number of aryl methyl sites for hydroxylation is 1. The van der Waals surface area contributed by atoms with E-state index in [-0.39, 0.29) is 0 Å². The average Bonchev–Trinajstić information content (AvgIpc) is 2.91. The predicted molar refractivity (Wildman–Crippen MR) is 81.0 cm³/mol. The van der Waals surface area contributed by atoms with E-state index >= 15 is 0 Å². The summed E-state index contributed by atoms with van der Waals surface area (Å²) in [6.07, 6.45) is 2.18. The molecular formula is C15H23NO2S. The van der Waals surface area contributed by atoms with Crippen LogP contribution in [0.1, 0.15) is 18.4 Å². The highest BCUT2D eigenvalue weighted by atomic mass is 32.2. The van der Waals surface area contributed by atoms with E-state index in [2.05, 4.69) is 5.32 Å². The van der Waals surface area contributed by atoms with Crippen LogP contribution in [0.4, 0.5) is 0 Å². The molecular weight excluding hydrogens is 258 g/mol. The normalized spacial score (nSPS) is 20.4. The van der Waals surface area contributed by atoms with Gasteiger partial charge in [0.25, 0.3) is 0 Å². The van der Waals surface area contributed by atoms with Gasteiger partial charge in [-0.15, -0.1) is 0 Å². The molecule has 0 aromatic heterocycles. The molecule has 4 heteroatoms. The molecule has 1 saturated heterocycles. The van der Waals surface area contributed by atoms with Crippen molar-refractivity contribution in [2.24, 2.45) is 0 Å². The Labute approximate surface area is 119 Å². The lowest BCUT2D eigenvalue weighted by molar-refractivity contribution is 0.106. The molecule has 0 saturated carbocycles. The number of benzene rings is 1. The average molecular weight is 281 g/mol. The van der Waals surface area contributed by atoms with Crippen LogP contribution in [0.5, 0.6) is 5.75 Å². The lowest BCUT2D eigenvalue weighted by Crippen LogP contribution is -2.34. The Balaban J connectivity index is 1.58. The van der Waals surface area contributed by atoms with E-state index < -0.39 is 6.10 Å². The van der Waals surface area contributed by atoms with Crippen LogP contribution in [0.2, 0.25) is 0 Å². The van der Waals surface area contributed by atoms with Gasteiger partial charge in [-0.25, -0.2) is 0 Å². The van der Waals surface area contributed by atoms with Gasteiger partial charge in [0.05, 0.1) is 0 Å². The van der Waals surface area contributed by atoms with E-state index in [1.807, 2.05) is 43.0 Å². The maximum atomic E-state index is 9.84. The summed E-state index contributed by atoms with van der Waals surface area (Å²) in [5.74, 6) is 2.10. The SMILES string of the molecule is Cc1ccc(OCC(O)CNCC2CCCS2)cc1. The highest BCUT2D eigenvalue weighted by Gasteiger charge is 2.15. The second-order valence-electron chi connectivity index (χ2n) is 5.07. The van der Waals surface area contributed by atoms with Crippen molar-refractivity contribution in [1.82, 2.24) is 5.32 Å². The minimum Gasteiger partial charge on any atom is -0.491 e. The number of hydrogen-bond donors (Lipinski definition) is 2. The second-order valence-corrected chi connectivity index (χ2v) is 6.48. The third-order valence-electron chi connectivity index (χ3n) is 3.24. The first-order valence-corrected chi connectivity index (χ1v) is 7.99. The molecule has 0 bridgehead atoms. The lowest BCUT2D eigenvalue weighted by atomic mass is 10.2. The number of nitrogens with one attached hydrogen (secondary N) is 1. The van der Waals surface area contributed by atoms with Gasteiger partial charge in [0, 0.05) is 18.3 Å². The van der Waals surface area contributed by atoms with Gasteiger partial charge in [0.15, 0.2) is 0 Å². The zero-order valence-electron chi connectivity index (χ0n) is 11.5. The number of ether oxygens (including phenoxy) is 1. The Kier molecular flexibility index (Phi) is 6.01. The van der Waals surface area contributed by atoms with Crippen molar-refractivity contribution in [3.63, 3.8) is 0 Å². The molecule has 0 amide bonds. The van der Waals surface area contributed by atoms with Crippen molar-refractivity contribution in [3.05, 3.63) is 29.8 Å². The summed E-state index contributed by atoms with van der Waals surface area (Å²) in [6, 6.07) is 7.89. The summed E-state index contributed by atoms with van der Waals surface area (Å²) in [5, 5.41) is 13.9. The van der Waals surface area contributed by atoms with Gasteiger partial charge >= 0.3 is 0 Å². The van der Waals surface area contributed by atoms with Crippen molar-refractivity contribution >= 4 is 11.8 Å². The number of rotatable bonds is 7. The molecule has 1 aliphatic rings. The van der Waals surface area contributed by atoms with Crippen molar-refractivity contribution in [2.75, 3.05) is 25.4 Å². The van der Waals surface area contributed by atoms with E-state index in [9.17, 15) is 5.11 Å². The first-order valence-electron chi connectivity index (χ1n) is 6.94. The number of aliphatic hydroxyl groups excluding tert-OH is 1. The van der Waals surface area contributed by atoms with Crippen LogP contribution in [-0.2, 0) is 0 Å². The predicted octanol–water partition coefficient (Wildman–Crippen LogP) is 2.22. The number of hydrogen-bond acceptors (Lipinski definition) is 4. The van der Waals surface area contributed by atoms with E-state index in [4.69, 9.17) is 4.74 Å². The summed E-state index contributed by atoms with van der Waals surface area (Å²) in [7, 11) is 0. The van der Waals surface area contributed by atoms with Gasteiger partial charge in [-0.1, -0.05) is 17.7 Å². The smallest absolute Gasteiger partial charge is 0.119 e. The fourth-order valence-electron chi connectivity index (χ4n) is 2.10. The Morgan fingerprint density at radius 1 is 1.42 bits per heavy atom. The Bertz CT molecular complexity index is 363. The van der Waals surface area contributed by atoms with Crippen LogP contribution in [0.3, 0.4) is 0 Å². The van der Waals surface area contributed by atoms with Gasteiger partial charge in [-0.05, 0) is 37.7 Å². The van der Waals surface area contributed by atoms with Crippen molar-refractivity contribution in [1.29, 1.82) is 0 Å². The van der Waals surface area contributed by atoms with Crippen LogP contribution < -0.4 is 10.1 Å². The zero-order valence-corrected chi connectivity index (χ0v) is 12.3. The molecule has 2 unspecified atom stereocenters. The molecule has 19 heavy (non-hydrogen) atoms. The summed E-state index contributed by atoms with van der Waals surface area (Å²) < 4.78 is 5.55. The Morgan fingerprint density at radius 2 is 2.21 bits per heavy atom. The molecule has 106 valence electrons. The molecule has 2 atom stereocenters. The van der Waals surface area contributed by atoms with Crippen LogP contribution in [0.25, 0.3) is 0 Å². The minimum absolute atomic E-state index is 0.341. The highest BCUT2D eigenvalue weighted by Crippen LogP contribution is 2.25. The Hall–Kier alpha value is -0.710. The minimum atomic E-state index is -0.451. The van der Waals surface area contributed by atoms with Crippen LogP contribution in [0, 0.1) is 6.92 Å². The molecule has 1 aromatic rings. The maximum absolute atomic E-state index is 9.84. The van der Waals surface area contributed by atoms with Crippen LogP contribution in [0.15, 0.2) is 24.3 Å². The highest BCUT2D eigenvalue weighted by molar-refractivity contribution is 8.00. The summed E-state index contributed by atoms with van der Waals surface area (Å²) >= 11 is 2.03. The van der Waals surface area contributed by atoms with E-state index in [0.29, 0.717) is 13.2 Å². The molecule has 1 aromatic carbocycles. The summed E-state index contributed by atoms with van der Waals surface area (Å²) in [6.45, 7) is 3.98. The van der Waals surface area contributed by atoms with Gasteiger partial charge in [-0.3, -0.25) is 0 Å². The summed E-state index contributed by atoms with van der Waals surface area (Å²) in [4.78, 5) is 0. The zero-order chi connectivity index (χ0) is 13.5. The molecule has 2 rings (SSSR count). The first-order chi connectivity index (χ1) is 9.24. The van der Waals surface area contributed by atoms with E-state index in [1.165, 1.54) is 24.2 Å².